The van der Waals surface area contributed by atoms with Crippen molar-refractivity contribution in [3.05, 3.63) is 54.1 Å². The van der Waals surface area contributed by atoms with E-state index in [2.05, 4.69) is 5.43 Å². The van der Waals surface area contributed by atoms with Crippen molar-refractivity contribution in [1.29, 1.82) is 0 Å². The minimum Gasteiger partial charge on any atom is -0.497 e. The highest BCUT2D eigenvalue weighted by atomic mass is 32.2. The van der Waals surface area contributed by atoms with Crippen molar-refractivity contribution >= 4 is 33.6 Å². The molecule has 2 aromatic rings. The van der Waals surface area contributed by atoms with Crippen LogP contribution in [0.5, 0.6) is 5.75 Å². The Morgan fingerprint density at radius 3 is 2.45 bits per heavy atom. The third-order valence-electron chi connectivity index (χ3n) is 4.22. The first kappa shape index (κ1) is 20.1. The molecule has 1 fully saturated rings. The van der Waals surface area contributed by atoms with Gasteiger partial charge < -0.3 is 4.74 Å². The summed E-state index contributed by atoms with van der Waals surface area (Å²) in [4.78, 5) is 35.0. The van der Waals surface area contributed by atoms with Gasteiger partial charge in [0.2, 0.25) is 5.91 Å². The van der Waals surface area contributed by atoms with Gasteiger partial charge >= 0.3 is 6.03 Å². The van der Waals surface area contributed by atoms with Crippen molar-refractivity contribution in [2.75, 3.05) is 25.0 Å². The largest absolute Gasteiger partial charge is 0.497 e. The number of carbonyl (C=O) groups excluding carboxylic acids is 3. The van der Waals surface area contributed by atoms with Gasteiger partial charge in [0.1, 0.15) is 12.3 Å². The number of sulfonamides is 1. The number of hydrogen-bond acceptors (Lipinski definition) is 6. The van der Waals surface area contributed by atoms with E-state index < -0.39 is 27.9 Å². The van der Waals surface area contributed by atoms with E-state index in [1.807, 2.05) is 5.32 Å². The molecular formula is C18H18N4O6S. The molecule has 1 heterocycles. The lowest BCUT2D eigenvalue weighted by atomic mass is 10.2. The number of carbonyl (C=O) groups is 3. The molecule has 0 unspecified atom stereocenters. The van der Waals surface area contributed by atoms with Crippen molar-refractivity contribution in [3.8, 4) is 5.75 Å². The van der Waals surface area contributed by atoms with Crippen LogP contribution in [-0.4, -0.2) is 52.0 Å². The van der Waals surface area contributed by atoms with E-state index in [9.17, 15) is 22.8 Å². The summed E-state index contributed by atoms with van der Waals surface area (Å²) in [6.07, 6.45) is 0. The maximum Gasteiger partial charge on any atom is 0.343 e. The lowest BCUT2D eigenvalue weighted by Gasteiger charge is -2.20. The highest BCUT2D eigenvalue weighted by Crippen LogP contribution is 2.24. The smallest absolute Gasteiger partial charge is 0.343 e. The van der Waals surface area contributed by atoms with Crippen LogP contribution in [0.3, 0.4) is 0 Å². The predicted molar refractivity (Wildman–Crippen MR) is 103 cm³/mol. The molecule has 2 N–H and O–H groups in total. The summed E-state index contributed by atoms with van der Waals surface area (Å²) in [5.41, 5.74) is 2.69. The Kier molecular flexibility index (Phi) is 5.41. The molecule has 0 aromatic heterocycles. The zero-order chi connectivity index (χ0) is 21.2. The van der Waals surface area contributed by atoms with E-state index in [0.29, 0.717) is 11.4 Å². The van der Waals surface area contributed by atoms with Crippen molar-refractivity contribution in [1.82, 2.24) is 15.8 Å². The number of methoxy groups -OCH3 is 1. The van der Waals surface area contributed by atoms with Crippen LogP contribution in [-0.2, 0) is 14.8 Å². The SMILES string of the molecule is COc1ccc(N(C)S(=O)(=O)c2cccc(C(=O)NN3CC(=O)NC3=O)c2)cc1. The van der Waals surface area contributed by atoms with Gasteiger partial charge in [0.05, 0.1) is 17.7 Å². The van der Waals surface area contributed by atoms with E-state index >= 15 is 0 Å². The fourth-order valence-corrected chi connectivity index (χ4v) is 3.85. The topological polar surface area (TPSA) is 125 Å². The number of benzene rings is 2. The predicted octanol–water partition coefficient (Wildman–Crippen LogP) is 0.717. The van der Waals surface area contributed by atoms with Gasteiger partial charge in [0, 0.05) is 12.6 Å². The molecule has 4 amide bonds. The number of urea groups is 1. The Balaban J connectivity index is 1.82. The van der Waals surface area contributed by atoms with Crippen LogP contribution in [0.25, 0.3) is 0 Å². The molecule has 11 heteroatoms. The quantitative estimate of drug-likeness (QED) is 0.666. The molecule has 1 saturated heterocycles. The van der Waals surface area contributed by atoms with Gasteiger partial charge in [-0.2, -0.15) is 0 Å². The van der Waals surface area contributed by atoms with E-state index in [1.165, 1.54) is 38.4 Å². The minimum absolute atomic E-state index is 0.0151. The van der Waals surface area contributed by atoms with Crippen LogP contribution in [0.15, 0.2) is 53.4 Å². The van der Waals surface area contributed by atoms with Gasteiger partial charge in [-0.3, -0.25) is 24.6 Å². The van der Waals surface area contributed by atoms with E-state index in [1.54, 1.807) is 24.3 Å². The van der Waals surface area contributed by atoms with Gasteiger partial charge in [-0.05, 0) is 42.5 Å². The van der Waals surface area contributed by atoms with Crippen molar-refractivity contribution in [2.45, 2.75) is 4.90 Å². The number of nitrogens with one attached hydrogen (secondary N) is 2. The third-order valence-corrected chi connectivity index (χ3v) is 6.00. The zero-order valence-electron chi connectivity index (χ0n) is 15.6. The molecule has 152 valence electrons. The van der Waals surface area contributed by atoms with E-state index in [-0.39, 0.29) is 17.0 Å². The van der Waals surface area contributed by atoms with Gasteiger partial charge in [0.15, 0.2) is 0 Å². The Hall–Kier alpha value is -3.60. The summed E-state index contributed by atoms with van der Waals surface area (Å²) in [5, 5.41) is 2.84. The number of amides is 4. The van der Waals surface area contributed by atoms with Crippen LogP contribution >= 0.6 is 0 Å². The average molecular weight is 418 g/mol. The fraction of sp³-hybridized carbons (Fsp3) is 0.167. The highest BCUT2D eigenvalue weighted by molar-refractivity contribution is 7.92. The summed E-state index contributed by atoms with van der Waals surface area (Å²) in [5.74, 6) is -0.686. The molecule has 1 aliphatic heterocycles. The average Bonchev–Trinajstić information content (AvgIpc) is 3.04. The van der Waals surface area contributed by atoms with Crippen LogP contribution in [0, 0.1) is 0 Å². The molecule has 10 nitrogen and oxygen atoms in total. The number of rotatable bonds is 6. The second-order valence-corrected chi connectivity index (χ2v) is 8.05. The number of ether oxygens (including phenoxy) is 1. The molecule has 0 bridgehead atoms. The van der Waals surface area contributed by atoms with Crippen LogP contribution in [0.2, 0.25) is 0 Å². The molecule has 2 aromatic carbocycles. The summed E-state index contributed by atoms with van der Waals surface area (Å²) < 4.78 is 32.0. The number of anilines is 1. The molecule has 3 rings (SSSR count). The van der Waals surface area contributed by atoms with Crippen molar-refractivity contribution < 1.29 is 27.5 Å². The van der Waals surface area contributed by atoms with Crippen molar-refractivity contribution in [2.24, 2.45) is 0 Å². The second-order valence-electron chi connectivity index (χ2n) is 6.08. The first-order valence-electron chi connectivity index (χ1n) is 8.38. The van der Waals surface area contributed by atoms with Gasteiger partial charge in [-0.25, -0.2) is 18.2 Å². The number of hydrogen-bond donors (Lipinski definition) is 2. The van der Waals surface area contributed by atoms with Crippen LogP contribution in [0.1, 0.15) is 10.4 Å². The minimum atomic E-state index is -3.95. The molecule has 0 spiro atoms. The molecule has 29 heavy (non-hydrogen) atoms. The summed E-state index contributed by atoms with van der Waals surface area (Å²) in [6, 6.07) is 11.1. The summed E-state index contributed by atoms with van der Waals surface area (Å²) in [6.45, 7) is -0.317. The molecule has 1 aliphatic rings. The Morgan fingerprint density at radius 1 is 1.17 bits per heavy atom. The third kappa shape index (κ3) is 4.14. The second kappa shape index (κ2) is 7.80. The zero-order valence-corrected chi connectivity index (χ0v) is 16.4. The van der Waals surface area contributed by atoms with Crippen LogP contribution in [0.4, 0.5) is 10.5 Å². The molecular weight excluding hydrogens is 400 g/mol. The standard InChI is InChI=1S/C18H18N4O6S/c1-21(13-6-8-14(28-2)9-7-13)29(26,27)15-5-3-4-12(10-15)17(24)20-22-11-16(23)19-18(22)25/h3-10H,11H2,1-2H3,(H,20,24)(H,19,23,25). The summed E-state index contributed by atoms with van der Waals surface area (Å²) in [7, 11) is -1.05. The molecule has 0 saturated carbocycles. The van der Waals surface area contributed by atoms with Crippen molar-refractivity contribution in [3.63, 3.8) is 0 Å². The van der Waals surface area contributed by atoms with Gasteiger partial charge in [0.25, 0.3) is 15.9 Å². The molecule has 0 aliphatic carbocycles. The highest BCUT2D eigenvalue weighted by Gasteiger charge is 2.29. The maximum absolute atomic E-state index is 12.9. The Labute approximate surface area is 167 Å². The fourth-order valence-electron chi connectivity index (χ4n) is 2.61. The molecule has 0 radical (unpaired) electrons. The van der Waals surface area contributed by atoms with E-state index in [4.69, 9.17) is 4.74 Å². The Bertz CT molecular complexity index is 1070. The number of imide groups is 1. The van der Waals surface area contributed by atoms with Crippen LogP contribution < -0.4 is 19.8 Å². The monoisotopic (exact) mass is 418 g/mol. The first-order valence-corrected chi connectivity index (χ1v) is 9.82. The maximum atomic E-state index is 12.9. The van der Waals surface area contributed by atoms with Gasteiger partial charge in [-0.1, -0.05) is 6.07 Å². The number of hydrazine groups is 1. The normalized spacial score (nSPS) is 13.8. The summed E-state index contributed by atoms with van der Waals surface area (Å²) >= 11 is 0. The van der Waals surface area contributed by atoms with Gasteiger partial charge in [-0.15, -0.1) is 0 Å². The van der Waals surface area contributed by atoms with E-state index in [0.717, 1.165) is 9.31 Å². The number of nitrogens with zero attached hydrogens (tertiary/aromatic N) is 2. The molecule has 0 atom stereocenters. The first-order chi connectivity index (χ1) is 13.7. The Morgan fingerprint density at radius 2 is 1.86 bits per heavy atom. The lowest BCUT2D eigenvalue weighted by molar-refractivity contribution is -0.118. The lowest BCUT2D eigenvalue weighted by Crippen LogP contribution is -2.44.